The Kier molecular flexibility index (Phi) is 5.61. The van der Waals surface area contributed by atoms with Crippen molar-refractivity contribution in [2.75, 3.05) is 13.6 Å². The molecule has 1 aromatic rings. The van der Waals surface area contributed by atoms with Crippen molar-refractivity contribution in [1.29, 1.82) is 0 Å². The van der Waals surface area contributed by atoms with Crippen LogP contribution in [0.1, 0.15) is 43.0 Å². The number of aryl methyl sites for hydroxylation is 1. The molecule has 0 spiro atoms. The molecule has 1 aliphatic carbocycles. The maximum absolute atomic E-state index is 12.1. The fourth-order valence-corrected chi connectivity index (χ4v) is 3.78. The Bertz CT molecular complexity index is 435. The first-order chi connectivity index (χ1) is 9.54. The van der Waals surface area contributed by atoms with E-state index in [0.29, 0.717) is 12.6 Å². The second-order valence-corrected chi connectivity index (χ2v) is 7.22. The van der Waals surface area contributed by atoms with Crippen LogP contribution in [0.3, 0.4) is 0 Å². The van der Waals surface area contributed by atoms with Crippen LogP contribution in [0.4, 0.5) is 0 Å². The zero-order valence-corrected chi connectivity index (χ0v) is 13.6. The highest BCUT2D eigenvalue weighted by Crippen LogP contribution is 2.23. The van der Waals surface area contributed by atoms with E-state index in [9.17, 15) is 4.79 Å². The first-order valence-corrected chi connectivity index (χ1v) is 8.43. The number of hydrogen-bond donors (Lipinski definition) is 1. The van der Waals surface area contributed by atoms with E-state index in [1.807, 2.05) is 7.05 Å². The lowest BCUT2D eigenvalue weighted by molar-refractivity contribution is -0.123. The van der Waals surface area contributed by atoms with Gasteiger partial charge < -0.3 is 5.32 Å². The molecule has 1 heterocycles. The van der Waals surface area contributed by atoms with Gasteiger partial charge in [-0.25, -0.2) is 0 Å². The molecule has 4 heteroatoms. The van der Waals surface area contributed by atoms with E-state index in [0.717, 1.165) is 25.3 Å². The molecule has 1 aromatic heterocycles. The quantitative estimate of drug-likeness (QED) is 0.904. The summed E-state index contributed by atoms with van der Waals surface area (Å²) >= 11 is 1.77. The second-order valence-electron chi connectivity index (χ2n) is 6.22. The lowest BCUT2D eigenvalue weighted by Gasteiger charge is -2.27. The number of rotatable bonds is 5. The largest absolute Gasteiger partial charge is 0.352 e. The van der Waals surface area contributed by atoms with Crippen LogP contribution in [0.25, 0.3) is 0 Å². The fraction of sp³-hybridized carbons (Fsp3) is 0.688. The van der Waals surface area contributed by atoms with Gasteiger partial charge in [-0.3, -0.25) is 9.69 Å². The third kappa shape index (κ3) is 4.60. The number of thiophene rings is 1. The topological polar surface area (TPSA) is 32.3 Å². The summed E-state index contributed by atoms with van der Waals surface area (Å²) in [6.07, 6.45) is 4.77. The van der Waals surface area contributed by atoms with Gasteiger partial charge in [0.05, 0.1) is 6.54 Å². The number of amides is 1. The summed E-state index contributed by atoms with van der Waals surface area (Å²) in [5.74, 6) is 0.994. The molecule has 20 heavy (non-hydrogen) atoms. The van der Waals surface area contributed by atoms with Gasteiger partial charge >= 0.3 is 0 Å². The monoisotopic (exact) mass is 294 g/mol. The van der Waals surface area contributed by atoms with E-state index in [2.05, 4.69) is 35.5 Å². The Hall–Kier alpha value is -0.870. The smallest absolute Gasteiger partial charge is 0.234 e. The van der Waals surface area contributed by atoms with E-state index < -0.39 is 0 Å². The van der Waals surface area contributed by atoms with Gasteiger partial charge in [-0.15, -0.1) is 11.3 Å². The molecule has 1 fully saturated rings. The average molecular weight is 294 g/mol. The molecular weight excluding hydrogens is 268 g/mol. The van der Waals surface area contributed by atoms with Crippen molar-refractivity contribution in [3.8, 4) is 0 Å². The van der Waals surface area contributed by atoms with E-state index in [1.54, 1.807) is 11.3 Å². The molecule has 0 atom stereocenters. The summed E-state index contributed by atoms with van der Waals surface area (Å²) in [5.41, 5.74) is 1.32. The zero-order chi connectivity index (χ0) is 14.5. The minimum Gasteiger partial charge on any atom is -0.352 e. The molecule has 1 amide bonds. The Morgan fingerprint density at radius 2 is 2.10 bits per heavy atom. The van der Waals surface area contributed by atoms with Crippen molar-refractivity contribution in [3.05, 3.63) is 21.9 Å². The maximum atomic E-state index is 12.1. The number of carbonyl (C=O) groups excluding carboxylic acids is 1. The molecule has 3 nitrogen and oxygen atoms in total. The SMILES string of the molecule is Cc1ccsc1CN(C)CC(=O)NC1CCC(C)CC1. The maximum Gasteiger partial charge on any atom is 0.234 e. The molecule has 1 N–H and O–H groups in total. The van der Waals surface area contributed by atoms with Gasteiger partial charge in [-0.2, -0.15) is 0 Å². The summed E-state index contributed by atoms with van der Waals surface area (Å²) in [5, 5.41) is 5.30. The molecular formula is C16H26N2OS. The minimum atomic E-state index is 0.168. The number of hydrogen-bond acceptors (Lipinski definition) is 3. The van der Waals surface area contributed by atoms with Gasteiger partial charge in [0.15, 0.2) is 0 Å². The Labute approximate surface area is 126 Å². The molecule has 0 unspecified atom stereocenters. The van der Waals surface area contributed by atoms with Crippen molar-refractivity contribution in [3.63, 3.8) is 0 Å². The Morgan fingerprint density at radius 1 is 1.40 bits per heavy atom. The van der Waals surface area contributed by atoms with Gasteiger partial charge in [0, 0.05) is 17.5 Å². The Balaban J connectivity index is 1.72. The number of likely N-dealkylation sites (N-methyl/N-ethyl adjacent to an activating group) is 1. The van der Waals surface area contributed by atoms with Crippen LogP contribution in [-0.2, 0) is 11.3 Å². The summed E-state index contributed by atoms with van der Waals surface area (Å²) < 4.78 is 0. The van der Waals surface area contributed by atoms with E-state index in [-0.39, 0.29) is 5.91 Å². The number of nitrogens with one attached hydrogen (secondary N) is 1. The van der Waals surface area contributed by atoms with Crippen molar-refractivity contribution < 1.29 is 4.79 Å². The summed E-state index contributed by atoms with van der Waals surface area (Å²) in [4.78, 5) is 15.5. The van der Waals surface area contributed by atoms with Gasteiger partial charge in [0.1, 0.15) is 0 Å². The molecule has 0 bridgehead atoms. The molecule has 1 saturated carbocycles. The third-order valence-electron chi connectivity index (χ3n) is 4.18. The molecule has 0 saturated heterocycles. The molecule has 112 valence electrons. The van der Waals surface area contributed by atoms with Crippen LogP contribution in [0.5, 0.6) is 0 Å². The normalized spacial score (nSPS) is 23.0. The summed E-state index contributed by atoms with van der Waals surface area (Å²) in [6, 6.07) is 2.53. The van der Waals surface area contributed by atoms with Crippen LogP contribution in [-0.4, -0.2) is 30.4 Å². The zero-order valence-electron chi connectivity index (χ0n) is 12.8. The highest BCUT2D eigenvalue weighted by Gasteiger charge is 2.20. The first-order valence-electron chi connectivity index (χ1n) is 7.55. The lowest BCUT2D eigenvalue weighted by Crippen LogP contribution is -2.42. The van der Waals surface area contributed by atoms with Crippen LogP contribution in [0.2, 0.25) is 0 Å². The summed E-state index contributed by atoms with van der Waals surface area (Å²) in [6.45, 7) is 5.78. The fourth-order valence-electron chi connectivity index (χ4n) is 2.79. The second kappa shape index (κ2) is 7.23. The van der Waals surface area contributed by atoms with Crippen molar-refractivity contribution in [1.82, 2.24) is 10.2 Å². The van der Waals surface area contributed by atoms with Gasteiger partial charge in [-0.1, -0.05) is 6.92 Å². The van der Waals surface area contributed by atoms with Gasteiger partial charge in [-0.05, 0) is 62.6 Å². The Morgan fingerprint density at radius 3 is 2.70 bits per heavy atom. The van der Waals surface area contributed by atoms with Crippen molar-refractivity contribution in [2.45, 2.75) is 52.1 Å². The molecule has 0 aliphatic heterocycles. The van der Waals surface area contributed by atoms with Crippen molar-refractivity contribution >= 4 is 17.2 Å². The standard InChI is InChI=1S/C16H26N2OS/c1-12-4-6-14(7-5-12)17-16(19)11-18(3)10-15-13(2)8-9-20-15/h8-9,12,14H,4-7,10-11H2,1-3H3,(H,17,19). The molecule has 0 aromatic carbocycles. The van der Waals surface area contributed by atoms with Crippen molar-refractivity contribution in [2.24, 2.45) is 5.92 Å². The van der Waals surface area contributed by atoms with Crippen LogP contribution < -0.4 is 5.32 Å². The highest BCUT2D eigenvalue weighted by atomic mass is 32.1. The average Bonchev–Trinajstić information content (AvgIpc) is 2.77. The van der Waals surface area contributed by atoms with E-state index in [1.165, 1.54) is 23.3 Å². The van der Waals surface area contributed by atoms with E-state index >= 15 is 0 Å². The molecule has 2 rings (SSSR count). The van der Waals surface area contributed by atoms with Crippen LogP contribution >= 0.6 is 11.3 Å². The third-order valence-corrected chi connectivity index (χ3v) is 5.18. The highest BCUT2D eigenvalue weighted by molar-refractivity contribution is 7.10. The number of nitrogens with zero attached hydrogens (tertiary/aromatic N) is 1. The van der Waals surface area contributed by atoms with Crippen LogP contribution in [0, 0.1) is 12.8 Å². The predicted octanol–water partition coefficient (Wildman–Crippen LogP) is 3.18. The molecule has 1 aliphatic rings. The lowest BCUT2D eigenvalue weighted by atomic mass is 9.87. The number of carbonyl (C=O) groups is 1. The predicted molar refractivity (Wildman–Crippen MR) is 85.0 cm³/mol. The summed E-state index contributed by atoms with van der Waals surface area (Å²) in [7, 11) is 2.02. The van der Waals surface area contributed by atoms with Crippen LogP contribution in [0.15, 0.2) is 11.4 Å². The van der Waals surface area contributed by atoms with E-state index in [4.69, 9.17) is 0 Å². The minimum absolute atomic E-state index is 0.168. The van der Waals surface area contributed by atoms with Gasteiger partial charge in [0.2, 0.25) is 5.91 Å². The first kappa shape index (κ1) is 15.5. The van der Waals surface area contributed by atoms with Gasteiger partial charge in [0.25, 0.3) is 0 Å². The molecule has 0 radical (unpaired) electrons.